The third-order valence-electron chi connectivity index (χ3n) is 7.67. The molecule has 0 saturated carbocycles. The first kappa shape index (κ1) is 26.7. The van der Waals surface area contributed by atoms with E-state index in [-0.39, 0.29) is 17.4 Å². The van der Waals surface area contributed by atoms with Gasteiger partial charge in [-0.05, 0) is 61.2 Å². The van der Waals surface area contributed by atoms with Gasteiger partial charge in [0, 0.05) is 22.6 Å². The minimum Gasteiger partial charge on any atom is -0.489 e. The second kappa shape index (κ2) is 10.8. The zero-order chi connectivity index (χ0) is 29.4. The van der Waals surface area contributed by atoms with Crippen molar-refractivity contribution in [2.45, 2.75) is 33.3 Å². The topological polar surface area (TPSA) is 108 Å². The van der Waals surface area contributed by atoms with Gasteiger partial charge in [0.1, 0.15) is 41.1 Å². The van der Waals surface area contributed by atoms with Gasteiger partial charge >= 0.3 is 5.97 Å². The van der Waals surface area contributed by atoms with Crippen LogP contribution in [0.25, 0.3) is 11.0 Å². The summed E-state index contributed by atoms with van der Waals surface area (Å²) in [6.45, 7) is 6.25. The highest BCUT2D eigenvalue weighted by molar-refractivity contribution is 5.98. The number of hydrogen-bond donors (Lipinski definition) is 1. The lowest BCUT2D eigenvalue weighted by atomic mass is 9.83. The Balaban J connectivity index is 1.26. The molecule has 0 spiro atoms. The van der Waals surface area contributed by atoms with E-state index in [4.69, 9.17) is 24.4 Å². The monoisotopic (exact) mass is 556 g/mol. The molecule has 1 aliphatic rings. The number of esters is 1. The predicted molar refractivity (Wildman–Crippen MR) is 158 cm³/mol. The molecular formula is C35H28N2O5. The summed E-state index contributed by atoms with van der Waals surface area (Å²) in [6.07, 6.45) is 0. The molecule has 6 rings (SSSR count). The Morgan fingerprint density at radius 1 is 0.929 bits per heavy atom. The molecule has 0 bridgehead atoms. The first-order valence-electron chi connectivity index (χ1n) is 13.5. The number of nitrogens with zero attached hydrogens (tertiary/aromatic N) is 1. The van der Waals surface area contributed by atoms with E-state index >= 15 is 0 Å². The number of nitriles is 1. The fraction of sp³-hybridized carbons (Fsp3) is 0.143. The Labute approximate surface area is 243 Å². The number of ether oxygens (including phenoxy) is 3. The molecule has 0 radical (unpaired) electrons. The lowest BCUT2D eigenvalue weighted by Crippen LogP contribution is -2.21. The average Bonchev–Trinajstić information content (AvgIpc) is 3.35. The molecule has 2 heterocycles. The number of furan rings is 1. The zero-order valence-corrected chi connectivity index (χ0v) is 23.4. The number of carbonyl (C=O) groups excluding carboxylic acids is 1. The summed E-state index contributed by atoms with van der Waals surface area (Å²) in [5.41, 5.74) is 12.6. The number of hydrogen-bond acceptors (Lipinski definition) is 7. The predicted octanol–water partition coefficient (Wildman–Crippen LogP) is 7.37. The lowest BCUT2D eigenvalue weighted by Gasteiger charge is -2.26. The second-order valence-corrected chi connectivity index (χ2v) is 10.3. The van der Waals surface area contributed by atoms with Crippen molar-refractivity contribution in [1.82, 2.24) is 0 Å². The van der Waals surface area contributed by atoms with Crippen LogP contribution in [-0.4, -0.2) is 5.97 Å². The fourth-order valence-corrected chi connectivity index (χ4v) is 5.21. The Bertz CT molecular complexity index is 1900. The molecule has 1 unspecified atom stereocenters. The fourth-order valence-electron chi connectivity index (χ4n) is 5.21. The molecule has 0 fully saturated rings. The summed E-state index contributed by atoms with van der Waals surface area (Å²) in [4.78, 5) is 13.1. The van der Waals surface area contributed by atoms with Crippen LogP contribution in [0.1, 0.15) is 49.9 Å². The first-order valence-corrected chi connectivity index (χ1v) is 13.5. The van der Waals surface area contributed by atoms with Gasteiger partial charge in [-0.15, -0.1) is 0 Å². The maximum Gasteiger partial charge on any atom is 0.379 e. The van der Waals surface area contributed by atoms with Crippen molar-refractivity contribution >= 4 is 16.9 Å². The summed E-state index contributed by atoms with van der Waals surface area (Å²) >= 11 is 0. The van der Waals surface area contributed by atoms with Crippen LogP contribution >= 0.6 is 0 Å². The molecule has 208 valence electrons. The van der Waals surface area contributed by atoms with Crippen LogP contribution in [0, 0.1) is 32.1 Å². The highest BCUT2D eigenvalue weighted by atomic mass is 16.5. The molecule has 1 aromatic heterocycles. The van der Waals surface area contributed by atoms with Gasteiger partial charge in [0.2, 0.25) is 11.6 Å². The Morgan fingerprint density at radius 3 is 2.40 bits per heavy atom. The molecule has 1 atom stereocenters. The second-order valence-electron chi connectivity index (χ2n) is 10.3. The first-order chi connectivity index (χ1) is 20.3. The van der Waals surface area contributed by atoms with Crippen molar-refractivity contribution in [3.05, 3.63) is 136 Å². The number of benzene rings is 4. The van der Waals surface area contributed by atoms with E-state index < -0.39 is 11.9 Å². The molecule has 0 amide bonds. The van der Waals surface area contributed by atoms with Crippen LogP contribution in [0.2, 0.25) is 0 Å². The molecule has 7 nitrogen and oxygen atoms in total. The third kappa shape index (κ3) is 4.84. The minimum absolute atomic E-state index is 0.00172. The van der Waals surface area contributed by atoms with E-state index in [9.17, 15) is 10.1 Å². The van der Waals surface area contributed by atoms with Crippen LogP contribution in [0.3, 0.4) is 0 Å². The smallest absolute Gasteiger partial charge is 0.379 e. The zero-order valence-electron chi connectivity index (χ0n) is 23.4. The van der Waals surface area contributed by atoms with Crippen molar-refractivity contribution in [2.24, 2.45) is 5.73 Å². The van der Waals surface area contributed by atoms with Gasteiger partial charge in [-0.1, -0.05) is 60.7 Å². The van der Waals surface area contributed by atoms with Crippen LogP contribution in [-0.2, 0) is 6.61 Å². The van der Waals surface area contributed by atoms with Crippen molar-refractivity contribution < 1.29 is 23.4 Å². The van der Waals surface area contributed by atoms with Gasteiger partial charge < -0.3 is 24.4 Å². The molecular weight excluding hydrogens is 528 g/mol. The maximum atomic E-state index is 13.1. The summed E-state index contributed by atoms with van der Waals surface area (Å²) in [5.74, 6) is 0.453. The van der Waals surface area contributed by atoms with Gasteiger partial charge in [-0.25, -0.2) is 4.79 Å². The molecule has 0 saturated heterocycles. The van der Waals surface area contributed by atoms with Gasteiger partial charge in [0.05, 0.1) is 5.92 Å². The highest BCUT2D eigenvalue weighted by Gasteiger charge is 2.31. The van der Waals surface area contributed by atoms with Crippen LogP contribution in [0.15, 0.2) is 101 Å². The van der Waals surface area contributed by atoms with Crippen LogP contribution < -0.4 is 19.9 Å². The summed E-state index contributed by atoms with van der Waals surface area (Å²) in [7, 11) is 0. The molecule has 1 aliphatic heterocycles. The van der Waals surface area contributed by atoms with E-state index in [0.717, 1.165) is 38.8 Å². The number of allylic oxidation sites excluding steroid dienone is 1. The van der Waals surface area contributed by atoms with Crippen molar-refractivity contribution in [3.63, 3.8) is 0 Å². The van der Waals surface area contributed by atoms with Crippen molar-refractivity contribution in [2.75, 3.05) is 0 Å². The van der Waals surface area contributed by atoms with Gasteiger partial charge in [-0.2, -0.15) is 5.26 Å². The molecule has 42 heavy (non-hydrogen) atoms. The van der Waals surface area contributed by atoms with Crippen LogP contribution in [0.5, 0.6) is 17.2 Å². The Morgan fingerprint density at radius 2 is 1.67 bits per heavy atom. The number of aryl methyl sites for hydroxylation is 3. The molecule has 7 heteroatoms. The number of nitrogens with two attached hydrogens (primary N) is 1. The normalized spacial score (nSPS) is 14.2. The number of carbonyl (C=O) groups is 1. The summed E-state index contributed by atoms with van der Waals surface area (Å²) in [6, 6.07) is 28.7. The number of rotatable bonds is 6. The average molecular weight is 557 g/mol. The van der Waals surface area contributed by atoms with Crippen LogP contribution in [0.4, 0.5) is 0 Å². The van der Waals surface area contributed by atoms with Crippen molar-refractivity contribution in [1.29, 1.82) is 5.26 Å². The largest absolute Gasteiger partial charge is 0.489 e. The van der Waals surface area contributed by atoms with E-state index in [2.05, 4.69) is 6.07 Å². The molecule has 0 aliphatic carbocycles. The van der Waals surface area contributed by atoms with Crippen molar-refractivity contribution in [3.8, 4) is 23.3 Å². The quantitative estimate of drug-likeness (QED) is 0.172. The SMILES string of the molecule is Cc1ccc2c(C)c(C(=O)Oc3ccc4c(c3)OC(N)=C(C#N)C4c3ccc(OCc4ccccc4)cc3)oc2c1C. The molecule has 2 N–H and O–H groups in total. The van der Waals surface area contributed by atoms with Gasteiger partial charge in [0.15, 0.2) is 0 Å². The number of fused-ring (bicyclic) bond motifs is 2. The summed E-state index contributed by atoms with van der Waals surface area (Å²) in [5, 5.41) is 10.8. The van der Waals surface area contributed by atoms with E-state index in [1.165, 1.54) is 0 Å². The maximum absolute atomic E-state index is 13.1. The van der Waals surface area contributed by atoms with E-state index in [0.29, 0.717) is 29.3 Å². The van der Waals surface area contributed by atoms with Gasteiger partial charge in [-0.3, -0.25) is 0 Å². The lowest BCUT2D eigenvalue weighted by molar-refractivity contribution is 0.0702. The highest BCUT2D eigenvalue weighted by Crippen LogP contribution is 2.44. The molecule has 5 aromatic rings. The standard InChI is InChI=1S/C35H28N2O5/c1-20-9-15-27-22(3)33(42-32(27)21(20)2)35(38)40-26-14-16-28-30(17-26)41-34(37)29(18-36)31(28)24-10-12-25(13-11-24)39-19-23-7-5-4-6-8-23/h4-17,31H,19,37H2,1-3H3. The van der Waals surface area contributed by atoms with E-state index in [1.54, 1.807) is 18.2 Å². The third-order valence-corrected chi connectivity index (χ3v) is 7.67. The Hall–Kier alpha value is -5.48. The molecule has 4 aromatic carbocycles. The summed E-state index contributed by atoms with van der Waals surface area (Å²) < 4.78 is 23.4. The Kier molecular flexibility index (Phi) is 6.89. The van der Waals surface area contributed by atoms with E-state index in [1.807, 2.05) is 87.5 Å². The van der Waals surface area contributed by atoms with Gasteiger partial charge in [0.25, 0.3) is 0 Å². The minimum atomic E-state index is -0.611.